The van der Waals surface area contributed by atoms with Gasteiger partial charge in [-0.05, 0) is 44.1 Å². The van der Waals surface area contributed by atoms with Crippen molar-refractivity contribution in [2.24, 2.45) is 5.92 Å². The summed E-state index contributed by atoms with van der Waals surface area (Å²) in [5.41, 5.74) is 3.42. The topological polar surface area (TPSA) is 12.0 Å². The molecule has 2 saturated carbocycles. The van der Waals surface area contributed by atoms with E-state index in [0.29, 0.717) is 5.41 Å². The third kappa shape index (κ3) is 2.86. The number of aryl methyl sites for hydroxylation is 1. The van der Waals surface area contributed by atoms with Crippen LogP contribution in [-0.2, 0) is 5.41 Å². The normalized spacial score (nSPS) is 30.1. The summed E-state index contributed by atoms with van der Waals surface area (Å²) in [7, 11) is 0. The van der Waals surface area contributed by atoms with Gasteiger partial charge < -0.3 is 5.32 Å². The second-order valence-corrected chi connectivity index (χ2v) is 6.87. The van der Waals surface area contributed by atoms with Crippen LogP contribution in [0.1, 0.15) is 56.6 Å². The second-order valence-electron chi connectivity index (χ2n) is 6.87. The van der Waals surface area contributed by atoms with Gasteiger partial charge in [0, 0.05) is 18.0 Å². The van der Waals surface area contributed by atoms with Gasteiger partial charge in [-0.3, -0.25) is 0 Å². The minimum Gasteiger partial charge on any atom is -0.313 e. The predicted molar refractivity (Wildman–Crippen MR) is 81.5 cm³/mol. The molecule has 0 aliphatic heterocycles. The number of hydrogen-bond donors (Lipinski definition) is 1. The molecule has 2 aliphatic carbocycles. The fourth-order valence-electron chi connectivity index (χ4n) is 3.74. The fraction of sp³-hybridized carbons (Fsp3) is 0.667. The highest BCUT2D eigenvalue weighted by molar-refractivity contribution is 5.33. The van der Waals surface area contributed by atoms with Gasteiger partial charge in [0.2, 0.25) is 0 Å². The molecule has 1 aromatic rings. The zero-order chi connectivity index (χ0) is 13.3. The highest BCUT2D eigenvalue weighted by atomic mass is 15.0. The van der Waals surface area contributed by atoms with Crippen LogP contribution >= 0.6 is 0 Å². The quantitative estimate of drug-likeness (QED) is 0.805. The van der Waals surface area contributed by atoms with Crippen molar-refractivity contribution >= 4 is 0 Å². The Morgan fingerprint density at radius 1 is 1.26 bits per heavy atom. The number of rotatable bonds is 6. The van der Waals surface area contributed by atoms with Gasteiger partial charge in [0.05, 0.1) is 0 Å². The van der Waals surface area contributed by atoms with Crippen molar-refractivity contribution in [1.82, 2.24) is 5.32 Å². The Labute approximate surface area is 117 Å². The molecule has 1 aromatic carbocycles. The summed E-state index contributed by atoms with van der Waals surface area (Å²) in [6.45, 7) is 5.73. The standard InChI is InChI=1S/C18H27N/c1-3-5-15-11-18(12-15,13-19-17-8-9-17)16-7-4-6-14(2)10-16/h4,6-7,10,15,17,19H,3,5,8-9,11-13H2,1-2H3. The molecule has 0 unspecified atom stereocenters. The lowest BCUT2D eigenvalue weighted by atomic mass is 9.57. The maximum absolute atomic E-state index is 3.78. The first kappa shape index (κ1) is 13.2. The van der Waals surface area contributed by atoms with Gasteiger partial charge in [-0.2, -0.15) is 0 Å². The largest absolute Gasteiger partial charge is 0.313 e. The van der Waals surface area contributed by atoms with Crippen LogP contribution in [0.4, 0.5) is 0 Å². The molecule has 0 atom stereocenters. The smallest absolute Gasteiger partial charge is 0.00832 e. The average molecular weight is 257 g/mol. The molecule has 0 aromatic heterocycles. The van der Waals surface area contributed by atoms with Crippen LogP contribution in [0, 0.1) is 12.8 Å². The van der Waals surface area contributed by atoms with Crippen LogP contribution in [-0.4, -0.2) is 12.6 Å². The summed E-state index contributed by atoms with van der Waals surface area (Å²) in [6.07, 6.45) is 8.32. The van der Waals surface area contributed by atoms with Gasteiger partial charge in [-0.15, -0.1) is 0 Å². The van der Waals surface area contributed by atoms with Crippen LogP contribution in [0.25, 0.3) is 0 Å². The van der Waals surface area contributed by atoms with E-state index in [4.69, 9.17) is 0 Å². The fourth-order valence-corrected chi connectivity index (χ4v) is 3.74. The zero-order valence-electron chi connectivity index (χ0n) is 12.4. The summed E-state index contributed by atoms with van der Waals surface area (Å²) in [4.78, 5) is 0. The molecule has 2 aliphatic rings. The zero-order valence-corrected chi connectivity index (χ0v) is 12.4. The average Bonchev–Trinajstić information content (AvgIpc) is 3.16. The Balaban J connectivity index is 1.72. The summed E-state index contributed by atoms with van der Waals surface area (Å²) in [5.74, 6) is 0.964. The third-order valence-electron chi connectivity index (χ3n) is 4.99. The molecule has 19 heavy (non-hydrogen) atoms. The van der Waals surface area contributed by atoms with Gasteiger partial charge in [-0.1, -0.05) is 49.6 Å². The molecule has 3 rings (SSSR count). The highest BCUT2D eigenvalue weighted by Gasteiger charge is 2.45. The lowest BCUT2D eigenvalue weighted by Gasteiger charge is -2.49. The molecular weight excluding hydrogens is 230 g/mol. The second kappa shape index (κ2) is 5.28. The van der Waals surface area contributed by atoms with E-state index in [9.17, 15) is 0 Å². The van der Waals surface area contributed by atoms with E-state index in [2.05, 4.69) is 43.4 Å². The van der Waals surface area contributed by atoms with Crippen LogP contribution in [0.3, 0.4) is 0 Å². The maximum atomic E-state index is 3.78. The lowest BCUT2D eigenvalue weighted by molar-refractivity contribution is 0.128. The van der Waals surface area contributed by atoms with Gasteiger partial charge in [-0.25, -0.2) is 0 Å². The van der Waals surface area contributed by atoms with Crippen molar-refractivity contribution in [3.63, 3.8) is 0 Å². The molecule has 2 fully saturated rings. The van der Waals surface area contributed by atoms with Gasteiger partial charge in [0.25, 0.3) is 0 Å². The van der Waals surface area contributed by atoms with E-state index in [1.165, 1.54) is 50.6 Å². The van der Waals surface area contributed by atoms with Crippen molar-refractivity contribution in [1.29, 1.82) is 0 Å². The minimum absolute atomic E-state index is 0.439. The highest BCUT2D eigenvalue weighted by Crippen LogP contribution is 2.49. The van der Waals surface area contributed by atoms with Crippen LogP contribution in [0.5, 0.6) is 0 Å². The lowest BCUT2D eigenvalue weighted by Crippen LogP contribution is -2.49. The van der Waals surface area contributed by atoms with Gasteiger partial charge >= 0.3 is 0 Å². The Morgan fingerprint density at radius 3 is 2.68 bits per heavy atom. The molecule has 0 saturated heterocycles. The van der Waals surface area contributed by atoms with Gasteiger partial charge in [0.15, 0.2) is 0 Å². The molecule has 0 bridgehead atoms. The van der Waals surface area contributed by atoms with Crippen LogP contribution in [0.15, 0.2) is 24.3 Å². The molecular formula is C18H27N. The molecule has 0 spiro atoms. The monoisotopic (exact) mass is 257 g/mol. The van der Waals surface area contributed by atoms with E-state index in [-0.39, 0.29) is 0 Å². The van der Waals surface area contributed by atoms with Gasteiger partial charge in [0.1, 0.15) is 0 Å². The first-order chi connectivity index (χ1) is 9.22. The van der Waals surface area contributed by atoms with Crippen molar-refractivity contribution in [2.75, 3.05) is 6.54 Å². The van der Waals surface area contributed by atoms with E-state index in [0.717, 1.165) is 12.0 Å². The number of benzene rings is 1. The number of hydrogen-bond acceptors (Lipinski definition) is 1. The van der Waals surface area contributed by atoms with E-state index < -0.39 is 0 Å². The molecule has 1 heteroatoms. The van der Waals surface area contributed by atoms with Crippen molar-refractivity contribution in [3.8, 4) is 0 Å². The predicted octanol–water partition coefficient (Wildman–Crippen LogP) is 4.19. The number of nitrogens with one attached hydrogen (secondary N) is 1. The Morgan fingerprint density at radius 2 is 2.05 bits per heavy atom. The Hall–Kier alpha value is -0.820. The van der Waals surface area contributed by atoms with Crippen molar-refractivity contribution in [3.05, 3.63) is 35.4 Å². The van der Waals surface area contributed by atoms with Crippen molar-refractivity contribution < 1.29 is 0 Å². The minimum atomic E-state index is 0.439. The SMILES string of the molecule is CCCC1CC(CNC2CC2)(c2cccc(C)c2)C1. The van der Waals surface area contributed by atoms with E-state index in [1.807, 2.05) is 0 Å². The Bertz CT molecular complexity index is 427. The molecule has 1 N–H and O–H groups in total. The van der Waals surface area contributed by atoms with Crippen LogP contribution in [0.2, 0.25) is 0 Å². The molecule has 0 amide bonds. The first-order valence-electron chi connectivity index (χ1n) is 8.02. The molecule has 0 heterocycles. The molecule has 0 radical (unpaired) electrons. The summed E-state index contributed by atoms with van der Waals surface area (Å²) in [6, 6.07) is 10.0. The van der Waals surface area contributed by atoms with Crippen LogP contribution < -0.4 is 5.32 Å². The summed E-state index contributed by atoms with van der Waals surface area (Å²) in [5, 5.41) is 3.78. The van der Waals surface area contributed by atoms with Crippen molar-refractivity contribution in [2.45, 2.75) is 63.8 Å². The maximum Gasteiger partial charge on any atom is 0.00832 e. The van der Waals surface area contributed by atoms with E-state index >= 15 is 0 Å². The summed E-state index contributed by atoms with van der Waals surface area (Å²) >= 11 is 0. The first-order valence-corrected chi connectivity index (χ1v) is 8.02. The third-order valence-corrected chi connectivity index (χ3v) is 4.99. The Kier molecular flexibility index (Phi) is 3.66. The van der Waals surface area contributed by atoms with E-state index in [1.54, 1.807) is 5.56 Å². The molecule has 104 valence electrons. The molecule has 1 nitrogen and oxygen atoms in total. The summed E-state index contributed by atoms with van der Waals surface area (Å²) < 4.78 is 0.